The molecule has 9 heteroatoms. The van der Waals surface area contributed by atoms with Crippen LogP contribution < -0.4 is 4.90 Å². The van der Waals surface area contributed by atoms with Crippen LogP contribution in [0.3, 0.4) is 0 Å². The van der Waals surface area contributed by atoms with Crippen molar-refractivity contribution in [1.82, 2.24) is 19.9 Å². The highest BCUT2D eigenvalue weighted by atomic mass is 32.2. The zero-order valence-corrected chi connectivity index (χ0v) is 20.8. The van der Waals surface area contributed by atoms with Crippen molar-refractivity contribution in [3.63, 3.8) is 0 Å². The van der Waals surface area contributed by atoms with Crippen LogP contribution in [0.1, 0.15) is 46.2 Å². The van der Waals surface area contributed by atoms with Crippen LogP contribution in [0.25, 0.3) is 22.4 Å². The summed E-state index contributed by atoms with van der Waals surface area (Å²) in [5.74, 6) is 1.48. The van der Waals surface area contributed by atoms with Gasteiger partial charge in [0.1, 0.15) is 11.5 Å². The zero-order valence-electron chi connectivity index (χ0n) is 20.0. The van der Waals surface area contributed by atoms with Gasteiger partial charge in [-0.1, -0.05) is 0 Å². The summed E-state index contributed by atoms with van der Waals surface area (Å²) in [6.07, 6.45) is 7.06. The van der Waals surface area contributed by atoms with Gasteiger partial charge in [0.05, 0.1) is 45.0 Å². The SMILES string of the molecule is C[C@@H]1COCCN1c1cc(C2([S@@](C)(=O)=NC(C)(C)C)CC2)nc(-c2ccnc3[nH]ccc23)n1. The van der Waals surface area contributed by atoms with Crippen molar-refractivity contribution in [2.24, 2.45) is 4.36 Å². The monoisotopic (exact) mass is 468 g/mol. The number of H-pyrrole nitrogens is 1. The number of hydrogen-bond donors (Lipinski definition) is 1. The first-order chi connectivity index (χ1) is 15.6. The Morgan fingerprint density at radius 3 is 2.76 bits per heavy atom. The van der Waals surface area contributed by atoms with Gasteiger partial charge in [0, 0.05) is 42.2 Å². The highest BCUT2D eigenvalue weighted by molar-refractivity contribution is 7.94. The third kappa shape index (κ3) is 4.01. The quantitative estimate of drug-likeness (QED) is 0.618. The van der Waals surface area contributed by atoms with E-state index < -0.39 is 14.5 Å². The maximum absolute atomic E-state index is 14.0. The minimum Gasteiger partial charge on any atom is -0.377 e. The Morgan fingerprint density at radius 2 is 2.06 bits per heavy atom. The number of hydrogen-bond acceptors (Lipinski definition) is 7. The molecule has 176 valence electrons. The molecular formula is C24H32N6O2S. The highest BCUT2D eigenvalue weighted by Gasteiger charge is 2.54. The number of rotatable bonds is 4. The number of pyridine rings is 1. The van der Waals surface area contributed by atoms with E-state index in [1.807, 2.05) is 45.2 Å². The number of nitrogens with zero attached hydrogens (tertiary/aromatic N) is 5. The first-order valence-corrected chi connectivity index (χ1v) is 13.4. The summed E-state index contributed by atoms with van der Waals surface area (Å²) >= 11 is 0. The molecule has 3 aromatic heterocycles. The summed E-state index contributed by atoms with van der Waals surface area (Å²) in [4.78, 5) is 19.9. The molecule has 1 saturated heterocycles. The van der Waals surface area contributed by atoms with Gasteiger partial charge in [0.25, 0.3) is 0 Å². The van der Waals surface area contributed by atoms with E-state index in [2.05, 4.69) is 21.8 Å². The van der Waals surface area contributed by atoms with E-state index in [4.69, 9.17) is 19.1 Å². The average Bonchev–Trinajstić information content (AvgIpc) is 3.44. The van der Waals surface area contributed by atoms with Gasteiger partial charge in [-0.15, -0.1) is 0 Å². The van der Waals surface area contributed by atoms with Crippen molar-refractivity contribution in [2.45, 2.75) is 56.9 Å². The molecule has 0 unspecified atom stereocenters. The first-order valence-electron chi connectivity index (χ1n) is 11.5. The molecule has 0 amide bonds. The molecule has 1 aliphatic carbocycles. The minimum absolute atomic E-state index is 0.194. The van der Waals surface area contributed by atoms with Crippen LogP contribution in [-0.2, 0) is 19.2 Å². The molecule has 2 aliphatic rings. The molecule has 2 atom stereocenters. The second kappa shape index (κ2) is 7.77. The Labute approximate surface area is 195 Å². The zero-order chi connectivity index (χ0) is 23.4. The fourth-order valence-electron chi connectivity index (χ4n) is 4.71. The third-order valence-corrected chi connectivity index (χ3v) is 9.38. The summed E-state index contributed by atoms with van der Waals surface area (Å²) in [7, 11) is -2.53. The molecular weight excluding hydrogens is 436 g/mol. The number of aromatic amines is 1. The van der Waals surface area contributed by atoms with Crippen LogP contribution in [0, 0.1) is 0 Å². The molecule has 0 aromatic carbocycles. The predicted molar refractivity (Wildman–Crippen MR) is 132 cm³/mol. The second-order valence-electron chi connectivity index (χ2n) is 10.2. The normalized spacial score (nSPS) is 22.2. The lowest BCUT2D eigenvalue weighted by molar-refractivity contribution is 0.0985. The number of aromatic nitrogens is 4. The van der Waals surface area contributed by atoms with Crippen molar-refractivity contribution in [3.8, 4) is 11.4 Å². The summed E-state index contributed by atoms with van der Waals surface area (Å²) in [6, 6.07) is 6.17. The van der Waals surface area contributed by atoms with Gasteiger partial charge in [-0.3, -0.25) is 0 Å². The maximum Gasteiger partial charge on any atom is 0.162 e. The van der Waals surface area contributed by atoms with E-state index in [9.17, 15) is 4.21 Å². The molecule has 8 nitrogen and oxygen atoms in total. The van der Waals surface area contributed by atoms with Crippen molar-refractivity contribution < 1.29 is 8.95 Å². The lowest BCUT2D eigenvalue weighted by atomic mass is 10.1. The lowest BCUT2D eigenvalue weighted by Crippen LogP contribution is -2.44. The van der Waals surface area contributed by atoms with E-state index >= 15 is 0 Å². The topological polar surface area (TPSA) is 96.4 Å². The number of nitrogens with one attached hydrogen (secondary N) is 1. The van der Waals surface area contributed by atoms with Crippen LogP contribution in [0.15, 0.2) is 35.0 Å². The number of anilines is 1. The lowest BCUT2D eigenvalue weighted by Gasteiger charge is -2.35. The Morgan fingerprint density at radius 1 is 1.27 bits per heavy atom. The third-order valence-electron chi connectivity index (χ3n) is 6.42. The van der Waals surface area contributed by atoms with Gasteiger partial charge in [-0.25, -0.2) is 23.5 Å². The van der Waals surface area contributed by atoms with Gasteiger partial charge in [0.15, 0.2) is 5.82 Å². The molecule has 3 aromatic rings. The van der Waals surface area contributed by atoms with E-state index in [0.717, 1.165) is 47.5 Å². The summed E-state index contributed by atoms with van der Waals surface area (Å²) < 4.78 is 23.9. The highest BCUT2D eigenvalue weighted by Crippen LogP contribution is 2.54. The van der Waals surface area contributed by atoms with Crippen LogP contribution in [-0.4, -0.2) is 61.7 Å². The van der Waals surface area contributed by atoms with Crippen LogP contribution in [0.4, 0.5) is 5.82 Å². The first kappa shape index (κ1) is 22.3. The van der Waals surface area contributed by atoms with Crippen LogP contribution in [0.2, 0.25) is 0 Å². The second-order valence-corrected chi connectivity index (χ2v) is 12.8. The fourth-order valence-corrected chi connectivity index (χ4v) is 7.28. The molecule has 1 N–H and O–H groups in total. The Kier molecular flexibility index (Phi) is 5.25. The average molecular weight is 469 g/mol. The largest absolute Gasteiger partial charge is 0.377 e. The van der Waals surface area contributed by atoms with Gasteiger partial charge in [-0.2, -0.15) is 0 Å². The molecule has 1 saturated carbocycles. The summed E-state index contributed by atoms with van der Waals surface area (Å²) in [5, 5.41) is 0.970. The molecule has 4 heterocycles. The Balaban J connectivity index is 1.71. The van der Waals surface area contributed by atoms with Crippen molar-refractivity contribution in [2.75, 3.05) is 30.9 Å². The molecule has 5 rings (SSSR count). The number of fused-ring (bicyclic) bond motifs is 1. The Hall–Kier alpha value is -2.52. The predicted octanol–water partition coefficient (Wildman–Crippen LogP) is 4.13. The van der Waals surface area contributed by atoms with E-state index in [1.165, 1.54) is 0 Å². The smallest absolute Gasteiger partial charge is 0.162 e. The van der Waals surface area contributed by atoms with E-state index in [1.54, 1.807) is 12.5 Å². The molecule has 1 aliphatic heterocycles. The van der Waals surface area contributed by atoms with Crippen molar-refractivity contribution in [1.29, 1.82) is 0 Å². The molecule has 2 fully saturated rings. The van der Waals surface area contributed by atoms with Crippen molar-refractivity contribution >= 4 is 26.6 Å². The summed E-state index contributed by atoms with van der Waals surface area (Å²) in [5.41, 5.74) is 2.14. The van der Waals surface area contributed by atoms with Gasteiger partial charge in [-0.05, 0) is 52.7 Å². The Bertz CT molecular complexity index is 1310. The van der Waals surface area contributed by atoms with Gasteiger partial charge >= 0.3 is 0 Å². The molecule has 0 bridgehead atoms. The van der Waals surface area contributed by atoms with Crippen molar-refractivity contribution in [3.05, 3.63) is 36.3 Å². The maximum atomic E-state index is 14.0. The summed E-state index contributed by atoms with van der Waals surface area (Å²) in [6.45, 7) is 10.2. The van der Waals surface area contributed by atoms with Gasteiger partial charge < -0.3 is 14.6 Å². The fraction of sp³-hybridized carbons (Fsp3) is 0.542. The minimum atomic E-state index is -2.53. The number of morpholine rings is 1. The molecule has 33 heavy (non-hydrogen) atoms. The van der Waals surface area contributed by atoms with E-state index in [0.29, 0.717) is 19.0 Å². The molecule has 0 radical (unpaired) electrons. The van der Waals surface area contributed by atoms with Crippen LogP contribution in [0.5, 0.6) is 0 Å². The number of ether oxygens (including phenoxy) is 1. The van der Waals surface area contributed by atoms with Crippen LogP contribution >= 0.6 is 0 Å². The molecule has 0 spiro atoms. The standard InChI is InChI=1S/C24H32N6O2S/c1-16-15-32-13-12-30(16)20-14-19(24(8-9-24)33(5,31)29-23(2,3)4)27-22(28-20)18-7-11-26-21-17(18)6-10-25-21/h6-7,10-11,14,16H,8-9,12-13,15H2,1-5H3,(H,25,26)/t16-,33-/m1/s1. The van der Waals surface area contributed by atoms with E-state index in [-0.39, 0.29) is 11.6 Å². The van der Waals surface area contributed by atoms with Gasteiger partial charge in [0.2, 0.25) is 0 Å².